The van der Waals surface area contributed by atoms with Gasteiger partial charge in [-0.25, -0.2) is 4.79 Å². The normalized spacial score (nSPS) is 17.4. The van der Waals surface area contributed by atoms with Gasteiger partial charge in [0.25, 0.3) is 0 Å². The number of benzene rings is 2. The Morgan fingerprint density at radius 3 is 2.38 bits per heavy atom. The summed E-state index contributed by atoms with van der Waals surface area (Å²) in [5.74, 6) is 1.49. The Hall–Kier alpha value is -2.49. The first-order chi connectivity index (χ1) is 13.9. The molecule has 1 heterocycles. The van der Waals surface area contributed by atoms with Crippen molar-refractivity contribution in [3.8, 4) is 16.9 Å². The van der Waals surface area contributed by atoms with Crippen LogP contribution in [0.25, 0.3) is 11.1 Å². The highest BCUT2D eigenvalue weighted by Crippen LogP contribution is 2.37. The standard InChI is InChI=1S/C25H32N2O2/c1-25(2,3)26-24(28)27-15-16-29-23-17-21(13-14-22(23)27)20-11-9-19(10-12-20)18-7-5-4-6-8-18/h9-14,17-18H,4-8,15-16H2,1-3H3,(H,26,28). The molecule has 1 aliphatic heterocycles. The molecule has 2 amide bonds. The molecule has 4 heteroatoms. The number of hydrogen-bond acceptors (Lipinski definition) is 2. The fraction of sp³-hybridized carbons (Fsp3) is 0.480. The lowest BCUT2D eigenvalue weighted by molar-refractivity contribution is 0.231. The van der Waals surface area contributed by atoms with Crippen LogP contribution < -0.4 is 15.0 Å². The molecule has 0 radical (unpaired) electrons. The van der Waals surface area contributed by atoms with Gasteiger partial charge < -0.3 is 10.1 Å². The summed E-state index contributed by atoms with van der Waals surface area (Å²) >= 11 is 0. The molecule has 0 aromatic heterocycles. The Kier molecular flexibility index (Phi) is 5.53. The van der Waals surface area contributed by atoms with Gasteiger partial charge in [-0.1, -0.05) is 49.6 Å². The second-order valence-electron chi connectivity index (χ2n) is 9.32. The Morgan fingerprint density at radius 1 is 1.00 bits per heavy atom. The zero-order valence-corrected chi connectivity index (χ0v) is 17.8. The third-order valence-electron chi connectivity index (χ3n) is 5.87. The van der Waals surface area contributed by atoms with Gasteiger partial charge in [-0.05, 0) is 68.4 Å². The van der Waals surface area contributed by atoms with E-state index in [1.165, 1.54) is 43.2 Å². The molecule has 1 fully saturated rings. The molecule has 29 heavy (non-hydrogen) atoms. The Labute approximate surface area is 174 Å². The highest BCUT2D eigenvalue weighted by atomic mass is 16.5. The summed E-state index contributed by atoms with van der Waals surface area (Å²) in [4.78, 5) is 14.5. The minimum absolute atomic E-state index is 0.0772. The van der Waals surface area contributed by atoms with Crippen molar-refractivity contribution < 1.29 is 9.53 Å². The van der Waals surface area contributed by atoms with Crippen LogP contribution in [0.2, 0.25) is 0 Å². The van der Waals surface area contributed by atoms with Crippen LogP contribution in [0.3, 0.4) is 0 Å². The first kappa shape index (κ1) is 19.8. The predicted octanol–water partition coefficient (Wildman–Crippen LogP) is 6.11. The van der Waals surface area contributed by atoms with E-state index in [9.17, 15) is 4.79 Å². The van der Waals surface area contributed by atoms with Crippen molar-refractivity contribution >= 4 is 11.7 Å². The van der Waals surface area contributed by atoms with Crippen LogP contribution in [-0.4, -0.2) is 24.7 Å². The van der Waals surface area contributed by atoms with Crippen molar-refractivity contribution in [1.29, 1.82) is 0 Å². The van der Waals surface area contributed by atoms with Crippen LogP contribution in [0.5, 0.6) is 5.75 Å². The van der Waals surface area contributed by atoms with Crippen LogP contribution in [0.1, 0.15) is 64.4 Å². The number of nitrogens with zero attached hydrogens (tertiary/aromatic N) is 1. The molecule has 0 saturated heterocycles. The van der Waals surface area contributed by atoms with Crippen LogP contribution in [0.15, 0.2) is 42.5 Å². The number of hydrogen-bond donors (Lipinski definition) is 1. The van der Waals surface area contributed by atoms with Gasteiger partial charge in [0.15, 0.2) is 0 Å². The molecule has 0 atom stereocenters. The molecule has 154 valence electrons. The lowest BCUT2D eigenvalue weighted by Gasteiger charge is -2.32. The van der Waals surface area contributed by atoms with Gasteiger partial charge in [0, 0.05) is 5.54 Å². The second-order valence-corrected chi connectivity index (χ2v) is 9.32. The topological polar surface area (TPSA) is 41.6 Å². The summed E-state index contributed by atoms with van der Waals surface area (Å²) in [5.41, 5.74) is 4.34. The zero-order valence-electron chi connectivity index (χ0n) is 17.8. The molecule has 1 saturated carbocycles. The summed E-state index contributed by atoms with van der Waals surface area (Å²) in [6.07, 6.45) is 6.73. The molecule has 4 rings (SSSR count). The van der Waals surface area contributed by atoms with E-state index in [-0.39, 0.29) is 11.6 Å². The van der Waals surface area contributed by atoms with Crippen LogP contribution >= 0.6 is 0 Å². The lowest BCUT2D eigenvalue weighted by Crippen LogP contribution is -2.50. The quantitative estimate of drug-likeness (QED) is 0.670. The molecule has 2 aromatic carbocycles. The molecule has 1 aliphatic carbocycles. The van der Waals surface area contributed by atoms with Crippen molar-refractivity contribution in [2.24, 2.45) is 0 Å². The summed E-state index contributed by atoms with van der Waals surface area (Å²) in [6.45, 7) is 7.05. The molecule has 1 N–H and O–H groups in total. The van der Waals surface area contributed by atoms with E-state index in [2.05, 4.69) is 41.7 Å². The predicted molar refractivity (Wildman–Crippen MR) is 119 cm³/mol. The van der Waals surface area contributed by atoms with Crippen molar-refractivity contribution in [1.82, 2.24) is 5.32 Å². The maximum atomic E-state index is 12.7. The number of carbonyl (C=O) groups excluding carboxylic acids is 1. The zero-order chi connectivity index (χ0) is 20.4. The van der Waals surface area contributed by atoms with Gasteiger partial charge in [0.2, 0.25) is 0 Å². The van der Waals surface area contributed by atoms with E-state index < -0.39 is 0 Å². The van der Waals surface area contributed by atoms with Crippen molar-refractivity contribution in [3.63, 3.8) is 0 Å². The van der Waals surface area contributed by atoms with Crippen LogP contribution in [-0.2, 0) is 0 Å². The lowest BCUT2D eigenvalue weighted by atomic mass is 9.84. The van der Waals surface area contributed by atoms with E-state index in [1.54, 1.807) is 4.90 Å². The highest BCUT2D eigenvalue weighted by molar-refractivity contribution is 5.95. The molecular formula is C25H32N2O2. The van der Waals surface area contributed by atoms with E-state index in [0.717, 1.165) is 22.9 Å². The Bertz CT molecular complexity index is 861. The van der Waals surface area contributed by atoms with E-state index in [1.807, 2.05) is 26.8 Å². The average molecular weight is 393 g/mol. The van der Waals surface area contributed by atoms with Crippen molar-refractivity contribution in [3.05, 3.63) is 48.0 Å². The molecule has 4 nitrogen and oxygen atoms in total. The summed E-state index contributed by atoms with van der Waals surface area (Å²) in [5, 5.41) is 3.04. The number of nitrogens with one attached hydrogen (secondary N) is 1. The number of anilines is 1. The molecule has 0 bridgehead atoms. The second kappa shape index (κ2) is 8.10. The number of ether oxygens (including phenoxy) is 1. The van der Waals surface area contributed by atoms with Crippen molar-refractivity contribution in [2.75, 3.05) is 18.1 Å². The van der Waals surface area contributed by atoms with E-state index >= 15 is 0 Å². The van der Waals surface area contributed by atoms with Crippen molar-refractivity contribution in [2.45, 2.75) is 64.3 Å². The highest BCUT2D eigenvalue weighted by Gasteiger charge is 2.26. The number of rotatable bonds is 2. The Balaban J connectivity index is 1.54. The summed E-state index contributed by atoms with van der Waals surface area (Å²) < 4.78 is 5.89. The minimum Gasteiger partial charge on any atom is -0.490 e. The SMILES string of the molecule is CC(C)(C)NC(=O)N1CCOc2cc(-c3ccc(C4CCCCC4)cc3)ccc21. The largest absolute Gasteiger partial charge is 0.490 e. The van der Waals surface area contributed by atoms with Gasteiger partial charge in [0.05, 0.1) is 12.2 Å². The fourth-order valence-corrected chi connectivity index (χ4v) is 4.38. The maximum Gasteiger partial charge on any atom is 0.322 e. The number of carbonyl (C=O) groups is 1. The van der Waals surface area contributed by atoms with Gasteiger partial charge in [-0.2, -0.15) is 0 Å². The molecule has 0 unspecified atom stereocenters. The van der Waals surface area contributed by atoms with Gasteiger partial charge >= 0.3 is 6.03 Å². The van der Waals surface area contributed by atoms with Gasteiger partial charge in [-0.15, -0.1) is 0 Å². The van der Waals surface area contributed by atoms with Crippen LogP contribution in [0.4, 0.5) is 10.5 Å². The monoisotopic (exact) mass is 392 g/mol. The van der Waals surface area contributed by atoms with Crippen LogP contribution in [0, 0.1) is 0 Å². The van der Waals surface area contributed by atoms with Gasteiger partial charge in [-0.3, -0.25) is 4.90 Å². The summed E-state index contributed by atoms with van der Waals surface area (Å²) in [6, 6.07) is 15.1. The summed E-state index contributed by atoms with van der Waals surface area (Å²) in [7, 11) is 0. The molecule has 2 aliphatic rings. The first-order valence-corrected chi connectivity index (χ1v) is 10.9. The van der Waals surface area contributed by atoms with E-state index in [0.29, 0.717) is 13.2 Å². The smallest absolute Gasteiger partial charge is 0.322 e. The fourth-order valence-electron chi connectivity index (χ4n) is 4.38. The number of fused-ring (bicyclic) bond motifs is 1. The third kappa shape index (κ3) is 4.58. The average Bonchev–Trinajstić information content (AvgIpc) is 2.72. The molecular weight excluding hydrogens is 360 g/mol. The van der Waals surface area contributed by atoms with E-state index in [4.69, 9.17) is 4.74 Å². The third-order valence-corrected chi connectivity index (χ3v) is 5.87. The molecule has 2 aromatic rings. The maximum absolute atomic E-state index is 12.7. The minimum atomic E-state index is -0.268. The first-order valence-electron chi connectivity index (χ1n) is 10.9. The number of urea groups is 1. The molecule has 0 spiro atoms. The Morgan fingerprint density at radius 2 is 1.69 bits per heavy atom. The number of amides is 2. The van der Waals surface area contributed by atoms with Gasteiger partial charge in [0.1, 0.15) is 12.4 Å².